The van der Waals surface area contributed by atoms with Crippen LogP contribution in [-0.4, -0.2) is 76.0 Å². The number of amides is 1. The lowest BCUT2D eigenvalue weighted by molar-refractivity contribution is 0.0827. The van der Waals surface area contributed by atoms with Crippen molar-refractivity contribution in [1.82, 2.24) is 20.4 Å². The van der Waals surface area contributed by atoms with Crippen LogP contribution in [0.25, 0.3) is 0 Å². The zero-order valence-corrected chi connectivity index (χ0v) is 16.7. The zero-order chi connectivity index (χ0) is 19.1. The summed E-state index contributed by atoms with van der Waals surface area (Å²) in [5.41, 5.74) is 1.87. The molecular weight excluding hydrogens is 326 g/mol. The van der Waals surface area contributed by atoms with Gasteiger partial charge in [0.05, 0.1) is 0 Å². The molecule has 1 fully saturated rings. The Morgan fingerprint density at radius 3 is 2.54 bits per heavy atom. The quantitative estimate of drug-likeness (QED) is 0.545. The molecule has 6 nitrogen and oxygen atoms in total. The standard InChI is InChI=1S/C20H33N5O/c1-21-20(23-14-18(24(2)3)16-9-10-16)22-12-11-15-7-6-8-17(13-15)19(26)25(4)5/h6-8,13,16,18H,9-12,14H2,1-5H3,(H2,21,22,23). The summed E-state index contributed by atoms with van der Waals surface area (Å²) >= 11 is 0. The van der Waals surface area contributed by atoms with Crippen molar-refractivity contribution in [1.29, 1.82) is 0 Å². The Morgan fingerprint density at radius 2 is 1.96 bits per heavy atom. The first-order valence-electron chi connectivity index (χ1n) is 9.34. The van der Waals surface area contributed by atoms with Gasteiger partial charge in [-0.2, -0.15) is 0 Å². The second-order valence-corrected chi connectivity index (χ2v) is 7.40. The third-order valence-corrected chi connectivity index (χ3v) is 4.82. The lowest BCUT2D eigenvalue weighted by Gasteiger charge is -2.25. The molecule has 1 saturated carbocycles. The van der Waals surface area contributed by atoms with Crippen LogP contribution in [0.4, 0.5) is 0 Å². The fourth-order valence-corrected chi connectivity index (χ4v) is 3.12. The first kappa shape index (κ1) is 20.2. The number of benzene rings is 1. The van der Waals surface area contributed by atoms with Crippen molar-refractivity contribution < 1.29 is 4.79 Å². The van der Waals surface area contributed by atoms with Crippen LogP contribution in [0.15, 0.2) is 29.3 Å². The SMILES string of the molecule is CN=C(NCCc1cccc(C(=O)N(C)C)c1)NCC(C1CC1)N(C)C. The molecule has 26 heavy (non-hydrogen) atoms. The summed E-state index contributed by atoms with van der Waals surface area (Å²) in [5, 5.41) is 6.81. The topological polar surface area (TPSA) is 60.0 Å². The van der Waals surface area contributed by atoms with Crippen LogP contribution < -0.4 is 10.6 Å². The first-order chi connectivity index (χ1) is 12.4. The molecule has 1 unspecified atom stereocenters. The molecule has 2 N–H and O–H groups in total. The maximum absolute atomic E-state index is 12.1. The molecule has 1 aliphatic rings. The largest absolute Gasteiger partial charge is 0.356 e. The molecular formula is C20H33N5O. The van der Waals surface area contributed by atoms with Gasteiger partial charge < -0.3 is 20.4 Å². The van der Waals surface area contributed by atoms with E-state index in [0.717, 1.165) is 42.5 Å². The minimum Gasteiger partial charge on any atom is -0.356 e. The highest BCUT2D eigenvalue weighted by Crippen LogP contribution is 2.34. The minimum atomic E-state index is 0.0343. The summed E-state index contributed by atoms with van der Waals surface area (Å²) in [6.07, 6.45) is 3.51. The summed E-state index contributed by atoms with van der Waals surface area (Å²) in [6.45, 7) is 1.68. The fourth-order valence-electron chi connectivity index (χ4n) is 3.12. The van der Waals surface area contributed by atoms with E-state index in [2.05, 4.69) is 40.7 Å². The van der Waals surface area contributed by atoms with Gasteiger partial charge >= 0.3 is 0 Å². The van der Waals surface area contributed by atoms with Crippen molar-refractivity contribution in [2.75, 3.05) is 48.3 Å². The van der Waals surface area contributed by atoms with Crippen LogP contribution in [0.3, 0.4) is 0 Å². The van der Waals surface area contributed by atoms with Gasteiger partial charge in [0.15, 0.2) is 5.96 Å². The fraction of sp³-hybridized carbons (Fsp3) is 0.600. The Hall–Kier alpha value is -2.08. The Labute approximate surface area is 157 Å². The van der Waals surface area contributed by atoms with Gasteiger partial charge in [0.25, 0.3) is 5.91 Å². The van der Waals surface area contributed by atoms with Gasteiger partial charge in [-0.05, 0) is 57.0 Å². The first-order valence-corrected chi connectivity index (χ1v) is 9.34. The van der Waals surface area contributed by atoms with Crippen LogP contribution in [0.1, 0.15) is 28.8 Å². The van der Waals surface area contributed by atoms with Crippen molar-refractivity contribution in [3.63, 3.8) is 0 Å². The number of rotatable bonds is 8. The van der Waals surface area contributed by atoms with Crippen molar-refractivity contribution in [3.8, 4) is 0 Å². The highest BCUT2D eigenvalue weighted by molar-refractivity contribution is 5.94. The van der Waals surface area contributed by atoms with Gasteiger partial charge in [-0.15, -0.1) is 0 Å². The van der Waals surface area contributed by atoms with Crippen LogP contribution in [0.2, 0.25) is 0 Å². The van der Waals surface area contributed by atoms with E-state index in [9.17, 15) is 4.79 Å². The Bertz CT molecular complexity index is 620. The number of likely N-dealkylation sites (N-methyl/N-ethyl adjacent to an activating group) is 1. The molecule has 0 aliphatic heterocycles. The monoisotopic (exact) mass is 359 g/mol. The molecule has 0 heterocycles. The molecule has 0 bridgehead atoms. The normalized spacial score (nSPS) is 15.7. The van der Waals surface area contributed by atoms with Crippen LogP contribution in [0.5, 0.6) is 0 Å². The molecule has 0 spiro atoms. The third-order valence-electron chi connectivity index (χ3n) is 4.82. The van der Waals surface area contributed by atoms with Gasteiger partial charge in [-0.25, -0.2) is 0 Å². The van der Waals surface area contributed by atoms with Crippen LogP contribution >= 0.6 is 0 Å². The lowest BCUT2D eigenvalue weighted by Crippen LogP contribution is -2.46. The van der Waals surface area contributed by atoms with E-state index >= 15 is 0 Å². The predicted molar refractivity (Wildman–Crippen MR) is 108 cm³/mol. The Kier molecular flexibility index (Phi) is 7.45. The number of aliphatic imine (C=N–C) groups is 1. The number of nitrogens with zero attached hydrogens (tertiary/aromatic N) is 3. The minimum absolute atomic E-state index is 0.0343. The van der Waals surface area contributed by atoms with Gasteiger partial charge in [0.1, 0.15) is 0 Å². The van der Waals surface area contributed by atoms with E-state index in [1.54, 1.807) is 26.0 Å². The molecule has 2 rings (SSSR count). The summed E-state index contributed by atoms with van der Waals surface area (Å²) in [5.74, 6) is 1.68. The number of guanidine groups is 1. The zero-order valence-electron chi connectivity index (χ0n) is 16.7. The summed E-state index contributed by atoms with van der Waals surface area (Å²) in [4.78, 5) is 20.3. The summed E-state index contributed by atoms with van der Waals surface area (Å²) in [7, 11) is 9.63. The number of hydrogen-bond acceptors (Lipinski definition) is 3. The van der Waals surface area contributed by atoms with Crippen molar-refractivity contribution in [3.05, 3.63) is 35.4 Å². The number of nitrogens with one attached hydrogen (secondary N) is 2. The summed E-state index contributed by atoms with van der Waals surface area (Å²) in [6, 6.07) is 8.38. The van der Waals surface area contributed by atoms with Gasteiger partial charge in [-0.1, -0.05) is 12.1 Å². The molecule has 1 atom stereocenters. The average Bonchev–Trinajstić information content (AvgIpc) is 3.44. The van der Waals surface area contributed by atoms with Gasteiger partial charge in [0, 0.05) is 45.8 Å². The van der Waals surface area contributed by atoms with Crippen molar-refractivity contribution >= 4 is 11.9 Å². The Morgan fingerprint density at radius 1 is 1.23 bits per heavy atom. The van der Waals surface area contributed by atoms with E-state index in [0.29, 0.717) is 6.04 Å². The Balaban J connectivity index is 1.80. The highest BCUT2D eigenvalue weighted by Gasteiger charge is 2.32. The van der Waals surface area contributed by atoms with E-state index < -0.39 is 0 Å². The molecule has 0 saturated heterocycles. The predicted octanol–water partition coefficient (Wildman–Crippen LogP) is 1.44. The molecule has 144 valence electrons. The number of carbonyl (C=O) groups excluding carboxylic acids is 1. The lowest BCUT2D eigenvalue weighted by atomic mass is 10.1. The van der Waals surface area contributed by atoms with E-state index in [4.69, 9.17) is 0 Å². The van der Waals surface area contributed by atoms with Crippen molar-refractivity contribution in [2.45, 2.75) is 25.3 Å². The van der Waals surface area contributed by atoms with Gasteiger partial charge in [0.2, 0.25) is 0 Å². The second kappa shape index (κ2) is 9.57. The molecule has 6 heteroatoms. The van der Waals surface area contributed by atoms with E-state index in [1.807, 2.05) is 18.2 Å². The maximum Gasteiger partial charge on any atom is 0.253 e. The maximum atomic E-state index is 12.1. The van der Waals surface area contributed by atoms with Gasteiger partial charge in [-0.3, -0.25) is 9.79 Å². The molecule has 0 radical (unpaired) electrons. The molecule has 1 aliphatic carbocycles. The smallest absolute Gasteiger partial charge is 0.253 e. The average molecular weight is 360 g/mol. The van der Waals surface area contributed by atoms with E-state index in [1.165, 1.54) is 12.8 Å². The number of hydrogen-bond donors (Lipinski definition) is 2. The molecule has 1 amide bonds. The molecule has 1 aromatic carbocycles. The van der Waals surface area contributed by atoms with Crippen LogP contribution in [-0.2, 0) is 6.42 Å². The van der Waals surface area contributed by atoms with E-state index in [-0.39, 0.29) is 5.91 Å². The van der Waals surface area contributed by atoms with Crippen molar-refractivity contribution in [2.24, 2.45) is 10.9 Å². The highest BCUT2D eigenvalue weighted by atomic mass is 16.2. The van der Waals surface area contributed by atoms with Crippen LogP contribution in [0, 0.1) is 5.92 Å². The number of carbonyl (C=O) groups is 1. The second-order valence-electron chi connectivity index (χ2n) is 7.40. The third kappa shape index (κ3) is 6.02. The summed E-state index contributed by atoms with van der Waals surface area (Å²) < 4.78 is 0. The molecule has 1 aromatic rings. The molecule has 0 aromatic heterocycles.